The van der Waals surface area contributed by atoms with E-state index in [1.165, 1.54) is 13.0 Å². The number of hydrogen-bond acceptors (Lipinski definition) is 10. The molecule has 0 radical (unpaired) electrons. The molecule has 0 bridgehead atoms. The average molecular weight is 597 g/mol. The van der Waals surface area contributed by atoms with Gasteiger partial charge < -0.3 is 24.1 Å². The van der Waals surface area contributed by atoms with E-state index in [1.54, 1.807) is 13.8 Å². The van der Waals surface area contributed by atoms with Gasteiger partial charge in [-0.05, 0) is 56.3 Å². The van der Waals surface area contributed by atoms with Gasteiger partial charge in [-0.15, -0.1) is 0 Å². The van der Waals surface area contributed by atoms with Gasteiger partial charge in [0.15, 0.2) is 23.7 Å². The maximum atomic E-state index is 17.5. The normalized spacial score (nSPS) is 40.1. The van der Waals surface area contributed by atoms with Crippen LogP contribution in [0.1, 0.15) is 66.2 Å². The Labute approximate surface area is 242 Å². The molecule has 0 aromatic rings. The van der Waals surface area contributed by atoms with Gasteiger partial charge in [-0.3, -0.25) is 14.4 Å². The average Bonchev–Trinajstić information content (AvgIpc) is 3.15. The zero-order valence-electron chi connectivity index (χ0n) is 24.4. The highest BCUT2D eigenvalue weighted by Crippen LogP contribution is 2.71. The molecule has 0 unspecified atom stereocenters. The molecule has 12 heteroatoms. The van der Waals surface area contributed by atoms with Crippen molar-refractivity contribution < 1.29 is 56.8 Å². The largest absolute Gasteiger partial charge is 0.517 e. The molecule has 0 saturated heterocycles. The summed E-state index contributed by atoms with van der Waals surface area (Å²) in [6.45, 7) is 5.53. The number of esters is 1. The Balaban J connectivity index is 1.78. The number of fused-ring (bicyclic) bond motifs is 5. The van der Waals surface area contributed by atoms with Crippen LogP contribution in [0.5, 0.6) is 0 Å². The van der Waals surface area contributed by atoms with E-state index in [9.17, 15) is 29.1 Å². The number of unbranched alkanes of at least 4 members (excludes halogenated alkanes) is 1. The van der Waals surface area contributed by atoms with Crippen LogP contribution in [-0.4, -0.2) is 72.2 Å². The number of aliphatic hydroxyl groups is 1. The lowest BCUT2D eigenvalue weighted by Crippen LogP contribution is -2.71. The molecule has 0 spiro atoms. The van der Waals surface area contributed by atoms with Crippen molar-refractivity contribution in [1.29, 1.82) is 0 Å². The number of allylic oxidation sites excluding steroid dienone is 4. The van der Waals surface area contributed by atoms with Crippen LogP contribution in [0, 0.1) is 28.6 Å². The standard InChI is InChI=1S/C30H38F2O10/c1-6-7-8-24(36)41-26(38)42-30(23(35)15-40-25(37)39-5)16(2)11-18-19-13-21(31)20-12-17(33)9-10-27(20,3)29(19,32)22(34)14-28(18,30)4/h9-10,12,16,18-19,21-22,34H,6-8,11,13-15H2,1-5H3/t16-,18+,19+,21+,22+,27+,28+,29+,30+/m1/s1. The first-order chi connectivity index (χ1) is 19.6. The highest BCUT2D eigenvalue weighted by Gasteiger charge is 2.78. The first-order valence-corrected chi connectivity index (χ1v) is 14.3. The number of hydrogen-bond donors (Lipinski definition) is 1. The van der Waals surface area contributed by atoms with E-state index in [0.717, 1.165) is 19.3 Å². The summed E-state index contributed by atoms with van der Waals surface area (Å²) in [6, 6.07) is 0. The summed E-state index contributed by atoms with van der Waals surface area (Å²) in [4.78, 5) is 62.9. The van der Waals surface area contributed by atoms with Crippen LogP contribution in [0.15, 0.2) is 23.8 Å². The molecular weight excluding hydrogens is 558 g/mol. The van der Waals surface area contributed by atoms with Crippen molar-refractivity contribution in [2.24, 2.45) is 28.6 Å². The van der Waals surface area contributed by atoms with Crippen molar-refractivity contribution in [2.45, 2.75) is 89.8 Å². The molecule has 0 amide bonds. The lowest BCUT2D eigenvalue weighted by Gasteiger charge is -2.63. The number of halogens is 2. The van der Waals surface area contributed by atoms with E-state index < -0.39 is 95.0 Å². The number of Topliss-reactive ketones (excluding diaryl/α,β-unsaturated/α-hetero) is 1. The lowest BCUT2D eigenvalue weighted by atomic mass is 9.44. The first kappa shape index (κ1) is 31.8. The highest BCUT2D eigenvalue weighted by molar-refractivity contribution is 6.01. The van der Waals surface area contributed by atoms with Gasteiger partial charge in [-0.25, -0.2) is 18.4 Å². The minimum atomic E-state index is -2.43. The summed E-state index contributed by atoms with van der Waals surface area (Å²) in [5.41, 5.74) is -7.78. The van der Waals surface area contributed by atoms with Crippen molar-refractivity contribution in [3.8, 4) is 0 Å². The Morgan fingerprint density at radius 2 is 1.81 bits per heavy atom. The van der Waals surface area contributed by atoms with E-state index in [-0.39, 0.29) is 24.8 Å². The Hall–Kier alpha value is -3.15. The molecule has 0 aliphatic heterocycles. The number of alkyl halides is 2. The Bertz CT molecular complexity index is 1230. The molecule has 4 rings (SSSR count). The van der Waals surface area contributed by atoms with Crippen molar-refractivity contribution >= 4 is 29.8 Å². The Morgan fingerprint density at radius 1 is 1.12 bits per heavy atom. The smallest absolute Gasteiger partial charge is 0.438 e. The van der Waals surface area contributed by atoms with Crippen molar-refractivity contribution in [3.63, 3.8) is 0 Å². The third-order valence-electron chi connectivity index (χ3n) is 10.2. The number of rotatable bonds is 7. The topological polar surface area (TPSA) is 143 Å². The van der Waals surface area contributed by atoms with Gasteiger partial charge in [0.2, 0.25) is 5.78 Å². The van der Waals surface area contributed by atoms with Gasteiger partial charge in [0.05, 0.1) is 13.2 Å². The van der Waals surface area contributed by atoms with E-state index in [1.807, 2.05) is 6.92 Å². The molecule has 3 fully saturated rings. The fraction of sp³-hybridized carbons (Fsp3) is 0.700. The monoisotopic (exact) mass is 596 g/mol. The SMILES string of the molecule is CCCCC(=O)OC(=O)O[C@]1(C(=O)COC(=O)OC)[C@H](C)C[C@H]2[C@@H]3C[C@H](F)C4=CC(=O)C=C[C@]4(C)[C@@]3(F)[C@@H](O)C[C@@]21C. The number of carbonyl (C=O) groups excluding carboxylic acids is 5. The van der Waals surface area contributed by atoms with Crippen molar-refractivity contribution in [2.75, 3.05) is 13.7 Å². The second-order valence-electron chi connectivity index (χ2n) is 12.3. The van der Waals surface area contributed by atoms with Gasteiger partial charge in [0.25, 0.3) is 0 Å². The van der Waals surface area contributed by atoms with E-state index >= 15 is 8.78 Å². The summed E-state index contributed by atoms with van der Waals surface area (Å²) in [7, 11) is 1.04. The quantitative estimate of drug-likeness (QED) is 0.329. The summed E-state index contributed by atoms with van der Waals surface area (Å²) in [5.74, 6) is -5.05. The van der Waals surface area contributed by atoms with Crippen molar-refractivity contribution in [3.05, 3.63) is 23.8 Å². The van der Waals surface area contributed by atoms with Gasteiger partial charge in [0, 0.05) is 29.1 Å². The summed E-state index contributed by atoms with van der Waals surface area (Å²) in [5, 5.41) is 11.6. The third-order valence-corrected chi connectivity index (χ3v) is 10.2. The number of ether oxygens (including phenoxy) is 4. The van der Waals surface area contributed by atoms with Crippen LogP contribution in [0.3, 0.4) is 0 Å². The van der Waals surface area contributed by atoms with Crippen LogP contribution in [0.25, 0.3) is 0 Å². The predicted octanol–water partition coefficient (Wildman–Crippen LogP) is 4.51. The fourth-order valence-corrected chi connectivity index (χ4v) is 8.30. The summed E-state index contributed by atoms with van der Waals surface area (Å²) >= 11 is 0. The molecule has 10 nitrogen and oxygen atoms in total. The van der Waals surface area contributed by atoms with Crippen LogP contribution < -0.4 is 0 Å². The predicted molar refractivity (Wildman–Crippen MR) is 141 cm³/mol. The molecule has 4 aliphatic carbocycles. The molecule has 42 heavy (non-hydrogen) atoms. The second kappa shape index (κ2) is 11.2. The number of aliphatic hydroxyl groups excluding tert-OH is 1. The lowest BCUT2D eigenvalue weighted by molar-refractivity contribution is -0.226. The van der Waals surface area contributed by atoms with E-state index in [0.29, 0.717) is 12.8 Å². The highest BCUT2D eigenvalue weighted by atomic mass is 19.1. The minimum Gasteiger partial charge on any atom is -0.438 e. The molecule has 4 aliphatic rings. The van der Waals surface area contributed by atoms with Crippen molar-refractivity contribution in [1.82, 2.24) is 0 Å². The van der Waals surface area contributed by atoms with Gasteiger partial charge in [-0.1, -0.05) is 33.3 Å². The molecule has 9 atom stereocenters. The number of ketones is 2. The molecular formula is C30H38F2O10. The fourth-order valence-electron chi connectivity index (χ4n) is 8.30. The molecule has 232 valence electrons. The van der Waals surface area contributed by atoms with Crippen LogP contribution in [-0.2, 0) is 33.3 Å². The first-order valence-electron chi connectivity index (χ1n) is 14.3. The minimum absolute atomic E-state index is 0.0540. The molecule has 0 heterocycles. The van der Waals surface area contributed by atoms with Gasteiger partial charge in [0.1, 0.15) is 6.17 Å². The maximum Gasteiger partial charge on any atom is 0.517 e. The molecule has 0 aromatic carbocycles. The summed E-state index contributed by atoms with van der Waals surface area (Å²) < 4.78 is 53.2. The Morgan fingerprint density at radius 3 is 2.45 bits per heavy atom. The maximum absolute atomic E-state index is 17.5. The zero-order valence-corrected chi connectivity index (χ0v) is 24.4. The second-order valence-corrected chi connectivity index (χ2v) is 12.3. The zero-order chi connectivity index (χ0) is 31.3. The van der Waals surface area contributed by atoms with Gasteiger partial charge >= 0.3 is 18.3 Å². The summed E-state index contributed by atoms with van der Waals surface area (Å²) in [6.07, 6.45) is -2.27. The third kappa shape index (κ3) is 4.57. The van der Waals surface area contributed by atoms with E-state index in [2.05, 4.69) is 4.74 Å². The number of methoxy groups -OCH3 is 1. The van der Waals surface area contributed by atoms with E-state index in [4.69, 9.17) is 14.2 Å². The Kier molecular flexibility index (Phi) is 8.45. The van der Waals surface area contributed by atoms with Gasteiger partial charge in [-0.2, -0.15) is 0 Å². The molecule has 1 N–H and O–H groups in total. The van der Waals surface area contributed by atoms with Crippen LogP contribution >= 0.6 is 0 Å². The van der Waals surface area contributed by atoms with Crippen LogP contribution in [0.2, 0.25) is 0 Å². The molecule has 3 saturated carbocycles. The number of carbonyl (C=O) groups is 5. The van der Waals surface area contributed by atoms with Crippen LogP contribution in [0.4, 0.5) is 18.4 Å². The molecule has 0 aromatic heterocycles.